The number of aliphatic imine (C=N–C) groups is 1. The first kappa shape index (κ1) is 13.9. The summed E-state index contributed by atoms with van der Waals surface area (Å²) in [6.45, 7) is 3.43. The summed E-state index contributed by atoms with van der Waals surface area (Å²) in [5.41, 5.74) is 5.23. The molecule has 0 saturated carbocycles. The van der Waals surface area contributed by atoms with E-state index in [0.717, 1.165) is 0 Å². The molecule has 0 amide bonds. The van der Waals surface area contributed by atoms with E-state index in [4.69, 9.17) is 11.0 Å². The number of carbonyl (C=O) groups excluding carboxylic acids is 2. The van der Waals surface area contributed by atoms with Gasteiger partial charge in [0.1, 0.15) is 6.07 Å². The van der Waals surface area contributed by atoms with Crippen molar-refractivity contribution >= 4 is 17.8 Å². The highest BCUT2D eigenvalue weighted by molar-refractivity contribution is 6.35. The molecule has 0 bridgehead atoms. The second kappa shape index (κ2) is 7.23. The van der Waals surface area contributed by atoms with Crippen molar-refractivity contribution in [1.82, 2.24) is 0 Å². The van der Waals surface area contributed by atoms with Crippen molar-refractivity contribution in [3.8, 4) is 6.07 Å². The number of hydrogen-bond donors (Lipinski definition) is 1. The molecule has 7 heteroatoms. The molecule has 0 saturated heterocycles. The maximum absolute atomic E-state index is 11.1. The summed E-state index contributed by atoms with van der Waals surface area (Å²) >= 11 is 0. The molecule has 0 aromatic carbocycles. The summed E-state index contributed by atoms with van der Waals surface area (Å²) in [5.74, 6) is -2.24. The fourth-order valence-electron chi connectivity index (χ4n) is 0.752. The van der Waals surface area contributed by atoms with Crippen LogP contribution in [-0.4, -0.2) is 37.0 Å². The highest BCUT2D eigenvalue weighted by Crippen LogP contribution is 1.95. The van der Waals surface area contributed by atoms with Gasteiger partial charge in [-0.3, -0.25) is 0 Å². The summed E-state index contributed by atoms with van der Waals surface area (Å²) < 4.78 is 9.09. The number of hydrogen-bond acceptors (Lipinski definition) is 6. The van der Waals surface area contributed by atoms with Crippen LogP contribution in [0.5, 0.6) is 0 Å². The molecule has 1 atom stereocenters. The van der Waals surface area contributed by atoms with E-state index in [2.05, 4.69) is 14.5 Å². The van der Waals surface area contributed by atoms with Gasteiger partial charge in [0.25, 0.3) is 0 Å². The van der Waals surface area contributed by atoms with Crippen molar-refractivity contribution < 1.29 is 19.1 Å². The number of rotatable bonds is 4. The second-order valence-corrected chi connectivity index (χ2v) is 2.52. The lowest BCUT2D eigenvalue weighted by Crippen LogP contribution is -2.30. The van der Waals surface area contributed by atoms with Crippen LogP contribution in [-0.2, 0) is 19.1 Å². The van der Waals surface area contributed by atoms with Gasteiger partial charge in [0.15, 0.2) is 0 Å². The van der Waals surface area contributed by atoms with E-state index < -0.39 is 23.8 Å². The molecule has 88 valence electrons. The maximum atomic E-state index is 11.1. The topological polar surface area (TPSA) is 115 Å². The van der Waals surface area contributed by atoms with Crippen molar-refractivity contribution in [3.05, 3.63) is 0 Å². The van der Waals surface area contributed by atoms with Gasteiger partial charge in [0.2, 0.25) is 11.9 Å². The van der Waals surface area contributed by atoms with Crippen molar-refractivity contribution in [2.45, 2.75) is 19.9 Å². The molecule has 0 rings (SSSR count). The SMILES string of the molecule is CCOC(=O)C(N)=NC(C#N)C(=O)OCC. The second-order valence-electron chi connectivity index (χ2n) is 2.52. The maximum Gasteiger partial charge on any atom is 0.373 e. The Morgan fingerprint density at radius 1 is 1.38 bits per heavy atom. The van der Waals surface area contributed by atoms with Crippen molar-refractivity contribution in [2.75, 3.05) is 13.2 Å². The van der Waals surface area contributed by atoms with Crippen molar-refractivity contribution in [1.29, 1.82) is 5.26 Å². The van der Waals surface area contributed by atoms with Crippen molar-refractivity contribution in [3.63, 3.8) is 0 Å². The average molecular weight is 227 g/mol. The van der Waals surface area contributed by atoms with Crippen LogP contribution in [0.25, 0.3) is 0 Å². The van der Waals surface area contributed by atoms with E-state index in [1.807, 2.05) is 0 Å². The van der Waals surface area contributed by atoms with E-state index >= 15 is 0 Å². The zero-order chi connectivity index (χ0) is 12.6. The Balaban J connectivity index is 4.63. The van der Waals surface area contributed by atoms with Crippen LogP contribution >= 0.6 is 0 Å². The highest BCUT2D eigenvalue weighted by atomic mass is 16.5. The zero-order valence-electron chi connectivity index (χ0n) is 9.10. The summed E-state index contributed by atoms with van der Waals surface area (Å²) in [7, 11) is 0. The summed E-state index contributed by atoms with van der Waals surface area (Å²) in [4.78, 5) is 25.6. The predicted octanol–water partition coefficient (Wildman–Crippen LogP) is -0.638. The Hall–Kier alpha value is -2.10. The first-order chi connectivity index (χ1) is 7.56. The number of esters is 2. The van der Waals surface area contributed by atoms with Crippen LogP contribution in [0.2, 0.25) is 0 Å². The average Bonchev–Trinajstić information content (AvgIpc) is 2.26. The molecule has 0 aliphatic carbocycles. The lowest BCUT2D eigenvalue weighted by Gasteiger charge is -2.05. The summed E-state index contributed by atoms with van der Waals surface area (Å²) in [6.07, 6.45) is 0. The Morgan fingerprint density at radius 2 is 1.94 bits per heavy atom. The quantitative estimate of drug-likeness (QED) is 0.388. The van der Waals surface area contributed by atoms with Crippen LogP contribution in [0.15, 0.2) is 4.99 Å². The third-order valence-corrected chi connectivity index (χ3v) is 1.38. The van der Waals surface area contributed by atoms with E-state index in [9.17, 15) is 9.59 Å². The third-order valence-electron chi connectivity index (χ3n) is 1.38. The van der Waals surface area contributed by atoms with Gasteiger partial charge in [-0.15, -0.1) is 0 Å². The monoisotopic (exact) mass is 227 g/mol. The van der Waals surface area contributed by atoms with Gasteiger partial charge in [0, 0.05) is 0 Å². The smallest absolute Gasteiger partial charge is 0.373 e. The fourth-order valence-corrected chi connectivity index (χ4v) is 0.752. The Kier molecular flexibility index (Phi) is 6.28. The molecule has 0 aliphatic rings. The molecule has 0 aromatic heterocycles. The molecule has 7 nitrogen and oxygen atoms in total. The van der Waals surface area contributed by atoms with E-state index in [1.165, 1.54) is 0 Å². The highest BCUT2D eigenvalue weighted by Gasteiger charge is 2.20. The molecule has 0 spiro atoms. The number of amidine groups is 1. The molecule has 1 unspecified atom stereocenters. The van der Waals surface area contributed by atoms with Gasteiger partial charge < -0.3 is 15.2 Å². The van der Waals surface area contributed by atoms with Crippen LogP contribution in [0, 0.1) is 11.3 Å². The first-order valence-electron chi connectivity index (χ1n) is 4.63. The van der Waals surface area contributed by atoms with E-state index in [-0.39, 0.29) is 13.2 Å². The van der Waals surface area contributed by atoms with Crippen molar-refractivity contribution in [2.24, 2.45) is 10.7 Å². The number of nitriles is 1. The summed E-state index contributed by atoms with van der Waals surface area (Å²) in [5, 5.41) is 8.62. The largest absolute Gasteiger partial charge is 0.464 e. The minimum absolute atomic E-state index is 0.117. The molecule has 0 heterocycles. The van der Waals surface area contributed by atoms with Crippen LogP contribution < -0.4 is 5.73 Å². The lowest BCUT2D eigenvalue weighted by atomic mass is 10.3. The molecule has 0 fully saturated rings. The van der Waals surface area contributed by atoms with Gasteiger partial charge in [-0.25, -0.2) is 14.6 Å². The van der Waals surface area contributed by atoms with Crippen LogP contribution in [0.3, 0.4) is 0 Å². The van der Waals surface area contributed by atoms with E-state index in [0.29, 0.717) is 0 Å². The summed E-state index contributed by atoms with van der Waals surface area (Å²) in [6, 6.07) is 0.124. The van der Waals surface area contributed by atoms with Gasteiger partial charge in [0.05, 0.1) is 13.2 Å². The zero-order valence-corrected chi connectivity index (χ0v) is 9.10. The van der Waals surface area contributed by atoms with Gasteiger partial charge >= 0.3 is 11.9 Å². The lowest BCUT2D eigenvalue weighted by molar-refractivity contribution is -0.143. The third kappa shape index (κ3) is 4.41. The minimum atomic E-state index is -1.44. The minimum Gasteiger partial charge on any atom is -0.464 e. The van der Waals surface area contributed by atoms with Crippen LogP contribution in [0.1, 0.15) is 13.8 Å². The number of nitrogens with zero attached hydrogens (tertiary/aromatic N) is 2. The first-order valence-corrected chi connectivity index (χ1v) is 4.63. The molecule has 2 N–H and O–H groups in total. The standard InChI is InChI=1S/C9H13N3O4/c1-3-15-8(13)6(5-10)12-7(11)9(14)16-4-2/h6H,3-4H2,1-2H3,(H2,11,12). The van der Waals surface area contributed by atoms with Crippen LogP contribution in [0.4, 0.5) is 0 Å². The Morgan fingerprint density at radius 3 is 2.38 bits per heavy atom. The molecule has 0 aromatic rings. The van der Waals surface area contributed by atoms with E-state index in [1.54, 1.807) is 19.9 Å². The molecule has 0 aliphatic heterocycles. The number of carbonyl (C=O) groups is 2. The molecule has 16 heavy (non-hydrogen) atoms. The Labute approximate surface area is 92.8 Å². The molecular formula is C9H13N3O4. The fraction of sp³-hybridized carbons (Fsp3) is 0.556. The van der Waals surface area contributed by atoms with Gasteiger partial charge in [-0.05, 0) is 13.8 Å². The molecule has 0 radical (unpaired) electrons. The number of ether oxygens (including phenoxy) is 2. The number of nitrogens with two attached hydrogens (primary N) is 1. The van der Waals surface area contributed by atoms with Gasteiger partial charge in [-0.1, -0.05) is 0 Å². The normalized spacial score (nSPS) is 12.4. The van der Waals surface area contributed by atoms with Gasteiger partial charge in [-0.2, -0.15) is 5.26 Å². The molecular weight excluding hydrogens is 214 g/mol. The predicted molar refractivity (Wildman–Crippen MR) is 54.3 cm³/mol. The Bertz CT molecular complexity index is 332.